The molecule has 0 atom stereocenters. The molecule has 0 saturated carbocycles. The summed E-state index contributed by atoms with van der Waals surface area (Å²) in [6.07, 6.45) is 1.85. The van der Waals surface area contributed by atoms with Crippen molar-refractivity contribution in [2.75, 3.05) is 24.3 Å². The van der Waals surface area contributed by atoms with Crippen molar-refractivity contribution in [3.63, 3.8) is 0 Å². The van der Waals surface area contributed by atoms with Crippen molar-refractivity contribution in [2.45, 2.75) is 6.54 Å². The van der Waals surface area contributed by atoms with Crippen LogP contribution in [0.25, 0.3) is 0 Å². The van der Waals surface area contributed by atoms with Crippen molar-refractivity contribution >= 4 is 27.4 Å². The van der Waals surface area contributed by atoms with E-state index in [-0.39, 0.29) is 0 Å². The summed E-state index contributed by atoms with van der Waals surface area (Å²) >= 11 is 3.47. The van der Waals surface area contributed by atoms with Gasteiger partial charge in [0.05, 0.1) is 11.9 Å². The number of nitrogens with one attached hydrogen (secondary N) is 1. The molecule has 94 valence electrons. The number of pyridine rings is 1. The fraction of sp³-hybridized carbons (Fsp3) is 0.214. The largest absolute Gasteiger partial charge is 0.380 e. The number of benzene rings is 1. The molecule has 2 aromatic rings. The van der Waals surface area contributed by atoms with Gasteiger partial charge in [-0.05, 0) is 29.8 Å². The highest BCUT2D eigenvalue weighted by Gasteiger charge is 1.98. The van der Waals surface area contributed by atoms with E-state index in [9.17, 15) is 0 Å². The molecule has 1 N–H and O–H groups in total. The minimum Gasteiger partial charge on any atom is -0.380 e. The van der Waals surface area contributed by atoms with Gasteiger partial charge in [-0.1, -0.05) is 28.1 Å². The summed E-state index contributed by atoms with van der Waals surface area (Å²) in [4.78, 5) is 6.35. The highest BCUT2D eigenvalue weighted by atomic mass is 79.9. The first-order valence-electron chi connectivity index (χ1n) is 5.77. The smallest absolute Gasteiger partial charge is 0.128 e. The third kappa shape index (κ3) is 3.47. The van der Waals surface area contributed by atoms with Gasteiger partial charge < -0.3 is 10.2 Å². The minimum atomic E-state index is 0.794. The lowest BCUT2D eigenvalue weighted by Gasteiger charge is -2.12. The Morgan fingerprint density at radius 1 is 1.22 bits per heavy atom. The number of halogens is 1. The number of hydrogen-bond donors (Lipinski definition) is 1. The van der Waals surface area contributed by atoms with Gasteiger partial charge in [-0.15, -0.1) is 0 Å². The molecule has 2 rings (SSSR count). The average Bonchev–Trinajstić information content (AvgIpc) is 2.37. The molecule has 0 aliphatic carbocycles. The zero-order valence-electron chi connectivity index (χ0n) is 10.5. The van der Waals surface area contributed by atoms with Crippen molar-refractivity contribution in [1.82, 2.24) is 4.98 Å². The number of nitrogens with zero attached hydrogens (tertiary/aromatic N) is 2. The highest BCUT2D eigenvalue weighted by molar-refractivity contribution is 9.10. The molecule has 0 radical (unpaired) electrons. The van der Waals surface area contributed by atoms with Crippen LogP contribution in [0.1, 0.15) is 5.56 Å². The monoisotopic (exact) mass is 305 g/mol. The van der Waals surface area contributed by atoms with Crippen molar-refractivity contribution in [3.8, 4) is 0 Å². The second-order valence-corrected chi connectivity index (χ2v) is 5.20. The van der Waals surface area contributed by atoms with Gasteiger partial charge in [-0.3, -0.25) is 0 Å². The number of rotatable bonds is 4. The van der Waals surface area contributed by atoms with Gasteiger partial charge in [0.2, 0.25) is 0 Å². The fourth-order valence-electron chi connectivity index (χ4n) is 1.61. The molecule has 1 aromatic heterocycles. The Morgan fingerprint density at radius 3 is 2.67 bits per heavy atom. The van der Waals surface area contributed by atoms with Crippen molar-refractivity contribution in [2.24, 2.45) is 0 Å². The van der Waals surface area contributed by atoms with Crippen molar-refractivity contribution < 1.29 is 0 Å². The summed E-state index contributed by atoms with van der Waals surface area (Å²) in [5.41, 5.74) is 2.27. The van der Waals surface area contributed by atoms with Crippen LogP contribution in [-0.2, 0) is 6.54 Å². The average molecular weight is 306 g/mol. The molecule has 0 amide bonds. The van der Waals surface area contributed by atoms with Crippen molar-refractivity contribution in [3.05, 3.63) is 52.6 Å². The molecule has 1 heterocycles. The molecule has 0 fully saturated rings. The molecular formula is C14H16BrN3. The standard InChI is InChI=1S/C14H16BrN3/c1-18(2)14-7-6-13(10-17-14)16-9-11-4-3-5-12(15)8-11/h3-8,10,16H,9H2,1-2H3. The second kappa shape index (κ2) is 5.87. The summed E-state index contributed by atoms with van der Waals surface area (Å²) in [6, 6.07) is 12.3. The van der Waals surface area contributed by atoms with Crippen LogP contribution in [0.5, 0.6) is 0 Å². The molecule has 4 heteroatoms. The summed E-state index contributed by atoms with van der Waals surface area (Å²) in [5, 5.41) is 3.35. The van der Waals surface area contributed by atoms with E-state index in [2.05, 4.69) is 38.4 Å². The molecule has 3 nitrogen and oxygen atoms in total. The third-order valence-corrected chi connectivity index (χ3v) is 3.08. The van der Waals surface area contributed by atoms with Gasteiger partial charge in [0, 0.05) is 25.1 Å². The Labute approximate surface area is 116 Å². The molecule has 1 aromatic carbocycles. The topological polar surface area (TPSA) is 28.2 Å². The van der Waals surface area contributed by atoms with E-state index in [1.54, 1.807) is 0 Å². The maximum atomic E-state index is 4.36. The first kappa shape index (κ1) is 12.9. The summed E-state index contributed by atoms with van der Waals surface area (Å²) in [5.74, 6) is 0.961. The third-order valence-electron chi connectivity index (χ3n) is 2.59. The van der Waals surface area contributed by atoms with Crippen LogP contribution in [-0.4, -0.2) is 19.1 Å². The Bertz CT molecular complexity index is 509. The normalized spacial score (nSPS) is 10.2. The highest BCUT2D eigenvalue weighted by Crippen LogP contribution is 2.15. The fourth-order valence-corrected chi connectivity index (χ4v) is 2.05. The number of hydrogen-bond acceptors (Lipinski definition) is 3. The molecule has 0 bridgehead atoms. The van der Waals surface area contributed by atoms with Crippen LogP contribution in [0, 0.1) is 0 Å². The lowest BCUT2D eigenvalue weighted by molar-refractivity contribution is 1.06. The predicted molar refractivity (Wildman–Crippen MR) is 80.0 cm³/mol. The minimum absolute atomic E-state index is 0.794. The Kier molecular flexibility index (Phi) is 4.20. The summed E-state index contributed by atoms with van der Waals surface area (Å²) in [6.45, 7) is 0.794. The van der Waals surface area contributed by atoms with Crippen LogP contribution < -0.4 is 10.2 Å². The van der Waals surface area contributed by atoms with Crippen molar-refractivity contribution in [1.29, 1.82) is 0 Å². The van der Waals surface area contributed by atoms with Gasteiger partial charge in [-0.25, -0.2) is 4.98 Å². The van der Waals surface area contributed by atoms with Gasteiger partial charge in [-0.2, -0.15) is 0 Å². The van der Waals surface area contributed by atoms with E-state index in [1.165, 1.54) is 5.56 Å². The van der Waals surface area contributed by atoms with E-state index in [0.29, 0.717) is 0 Å². The van der Waals surface area contributed by atoms with E-state index >= 15 is 0 Å². The van der Waals surface area contributed by atoms with E-state index in [0.717, 1.165) is 22.5 Å². The first-order valence-corrected chi connectivity index (χ1v) is 6.56. The predicted octanol–water partition coefficient (Wildman–Crippen LogP) is 3.52. The maximum absolute atomic E-state index is 4.36. The first-order chi connectivity index (χ1) is 8.65. The van der Waals surface area contributed by atoms with Gasteiger partial charge in [0.15, 0.2) is 0 Å². The Balaban J connectivity index is 1.98. The zero-order chi connectivity index (χ0) is 13.0. The molecule has 18 heavy (non-hydrogen) atoms. The second-order valence-electron chi connectivity index (χ2n) is 4.28. The molecule has 0 aliphatic rings. The van der Waals surface area contributed by atoms with Crippen LogP contribution in [0.4, 0.5) is 11.5 Å². The molecular weight excluding hydrogens is 290 g/mol. The lowest BCUT2D eigenvalue weighted by atomic mass is 10.2. The SMILES string of the molecule is CN(C)c1ccc(NCc2cccc(Br)c2)cn1. The molecule has 0 saturated heterocycles. The number of anilines is 2. The zero-order valence-corrected chi connectivity index (χ0v) is 12.1. The lowest BCUT2D eigenvalue weighted by Crippen LogP contribution is -2.10. The van der Waals surface area contributed by atoms with Gasteiger partial charge in [0.25, 0.3) is 0 Å². The molecule has 0 unspecified atom stereocenters. The van der Waals surface area contributed by atoms with Crippen LogP contribution in [0.2, 0.25) is 0 Å². The Morgan fingerprint density at radius 2 is 2.06 bits per heavy atom. The molecule has 0 spiro atoms. The summed E-state index contributed by atoms with van der Waals surface area (Å²) in [7, 11) is 3.97. The quantitative estimate of drug-likeness (QED) is 0.937. The summed E-state index contributed by atoms with van der Waals surface area (Å²) < 4.78 is 1.10. The van der Waals surface area contributed by atoms with E-state index in [4.69, 9.17) is 0 Å². The van der Waals surface area contributed by atoms with E-state index < -0.39 is 0 Å². The molecule has 0 aliphatic heterocycles. The maximum Gasteiger partial charge on any atom is 0.128 e. The van der Waals surface area contributed by atoms with Gasteiger partial charge >= 0.3 is 0 Å². The van der Waals surface area contributed by atoms with Crippen LogP contribution >= 0.6 is 15.9 Å². The van der Waals surface area contributed by atoms with Gasteiger partial charge in [0.1, 0.15) is 5.82 Å². The number of aromatic nitrogens is 1. The van der Waals surface area contributed by atoms with E-state index in [1.807, 2.05) is 49.5 Å². The van der Waals surface area contributed by atoms with Crippen LogP contribution in [0.15, 0.2) is 47.1 Å². The Hall–Kier alpha value is -1.55. The van der Waals surface area contributed by atoms with Crippen LogP contribution in [0.3, 0.4) is 0 Å².